The van der Waals surface area contributed by atoms with Gasteiger partial charge in [-0.05, 0) is 45.2 Å². The minimum absolute atomic E-state index is 0. The predicted molar refractivity (Wildman–Crippen MR) is 75.7 cm³/mol. The van der Waals surface area contributed by atoms with Gasteiger partial charge in [0.1, 0.15) is 0 Å². The lowest BCUT2D eigenvalue weighted by Crippen LogP contribution is -2.37. The molecule has 1 aliphatic heterocycles. The Bertz CT molecular complexity index is 305. The molecule has 0 amide bonds. The van der Waals surface area contributed by atoms with Gasteiger partial charge in [0, 0.05) is 13.7 Å². The molecule has 0 bridgehead atoms. The largest absolute Gasteiger partial charge is 0.383 e. The lowest BCUT2D eigenvalue weighted by Gasteiger charge is -2.23. The highest BCUT2D eigenvalue weighted by atomic mass is 35.5. The first-order valence-corrected chi connectivity index (χ1v) is 7.79. The van der Waals surface area contributed by atoms with Crippen LogP contribution in [0.2, 0.25) is 0 Å². The Hall–Kier alpha value is 0.120. The maximum atomic E-state index is 11.8. The van der Waals surface area contributed by atoms with E-state index in [2.05, 4.69) is 10.0 Å². The first-order valence-electron chi connectivity index (χ1n) is 6.24. The van der Waals surface area contributed by atoms with Gasteiger partial charge in [-0.2, -0.15) is 0 Å². The second kappa shape index (κ2) is 9.09. The van der Waals surface area contributed by atoms with Gasteiger partial charge in [0.05, 0.1) is 11.9 Å². The van der Waals surface area contributed by atoms with E-state index in [1.165, 1.54) is 20.0 Å². The molecule has 2 unspecified atom stereocenters. The Kier molecular flexibility index (Phi) is 9.15. The van der Waals surface area contributed by atoms with Crippen molar-refractivity contribution in [3.8, 4) is 0 Å². The van der Waals surface area contributed by atoms with E-state index in [9.17, 15) is 8.42 Å². The Morgan fingerprint density at radius 2 is 2.22 bits per heavy atom. The summed E-state index contributed by atoms with van der Waals surface area (Å²) in [6, 6.07) is 0. The lowest BCUT2D eigenvalue weighted by molar-refractivity contribution is 0.200. The van der Waals surface area contributed by atoms with Crippen molar-refractivity contribution < 1.29 is 13.2 Å². The fourth-order valence-corrected chi connectivity index (χ4v) is 3.04. The summed E-state index contributed by atoms with van der Waals surface area (Å²) >= 11 is 0. The molecule has 2 N–H and O–H groups in total. The van der Waals surface area contributed by atoms with Gasteiger partial charge < -0.3 is 10.1 Å². The van der Waals surface area contributed by atoms with Gasteiger partial charge in [-0.1, -0.05) is 0 Å². The van der Waals surface area contributed by atoms with Crippen LogP contribution in [0.1, 0.15) is 26.2 Å². The average Bonchev–Trinajstić information content (AvgIpc) is 2.30. The molecule has 0 aromatic rings. The minimum atomic E-state index is -3.22. The van der Waals surface area contributed by atoms with Crippen LogP contribution in [-0.2, 0) is 14.8 Å². The van der Waals surface area contributed by atoms with Gasteiger partial charge in [-0.3, -0.25) is 0 Å². The van der Waals surface area contributed by atoms with Crippen LogP contribution in [0, 0.1) is 5.92 Å². The van der Waals surface area contributed by atoms with E-state index in [-0.39, 0.29) is 19.0 Å². The molecule has 0 radical (unpaired) electrons. The lowest BCUT2D eigenvalue weighted by atomic mass is 9.96. The van der Waals surface area contributed by atoms with Crippen LogP contribution < -0.4 is 10.0 Å². The molecule has 110 valence electrons. The van der Waals surface area contributed by atoms with Crippen molar-refractivity contribution in [1.29, 1.82) is 0 Å². The van der Waals surface area contributed by atoms with Crippen molar-refractivity contribution in [3.63, 3.8) is 0 Å². The van der Waals surface area contributed by atoms with Crippen LogP contribution >= 0.6 is 12.4 Å². The molecule has 1 rings (SSSR count). The molecular formula is C11H25ClN2O3S. The molecule has 0 spiro atoms. The molecule has 0 aliphatic carbocycles. The smallest absolute Gasteiger partial charge is 0.216 e. The number of piperidine rings is 1. The van der Waals surface area contributed by atoms with Crippen LogP contribution in [0.15, 0.2) is 0 Å². The Balaban J connectivity index is 0.00000289. The average molecular weight is 301 g/mol. The first kappa shape index (κ1) is 18.1. The highest BCUT2D eigenvalue weighted by Crippen LogP contribution is 2.13. The summed E-state index contributed by atoms with van der Waals surface area (Å²) in [7, 11) is -1.71. The number of sulfonamides is 1. The predicted octanol–water partition coefficient (Wildman–Crippen LogP) is 0.752. The van der Waals surface area contributed by atoms with E-state index in [4.69, 9.17) is 4.74 Å². The fourth-order valence-electron chi connectivity index (χ4n) is 2.04. The van der Waals surface area contributed by atoms with E-state index in [1.807, 2.05) is 0 Å². The second-order valence-electron chi connectivity index (χ2n) is 4.71. The molecule has 18 heavy (non-hydrogen) atoms. The van der Waals surface area contributed by atoms with Gasteiger partial charge in [-0.25, -0.2) is 13.1 Å². The van der Waals surface area contributed by atoms with Crippen LogP contribution in [0.3, 0.4) is 0 Å². The number of ether oxygens (including phenoxy) is 1. The highest BCUT2D eigenvalue weighted by Gasteiger charge is 2.20. The maximum Gasteiger partial charge on any atom is 0.216 e. The summed E-state index contributed by atoms with van der Waals surface area (Å²) in [5.41, 5.74) is 0. The molecule has 1 fully saturated rings. The summed E-state index contributed by atoms with van der Waals surface area (Å²) in [4.78, 5) is 0. The van der Waals surface area contributed by atoms with E-state index in [1.54, 1.807) is 6.92 Å². The molecule has 1 saturated heterocycles. The maximum absolute atomic E-state index is 11.8. The van der Waals surface area contributed by atoms with E-state index >= 15 is 0 Å². The van der Waals surface area contributed by atoms with Crippen molar-refractivity contribution in [2.75, 3.05) is 33.4 Å². The van der Waals surface area contributed by atoms with E-state index < -0.39 is 15.3 Å². The quantitative estimate of drug-likeness (QED) is 0.728. The molecule has 0 aromatic heterocycles. The van der Waals surface area contributed by atoms with E-state index in [0.717, 1.165) is 19.5 Å². The highest BCUT2D eigenvalue weighted by molar-refractivity contribution is 7.90. The molecule has 2 atom stereocenters. The normalized spacial score (nSPS) is 22.2. The van der Waals surface area contributed by atoms with Gasteiger partial charge in [0.2, 0.25) is 10.0 Å². The number of methoxy groups -OCH3 is 1. The summed E-state index contributed by atoms with van der Waals surface area (Å²) in [6.45, 7) is 4.53. The number of nitrogens with one attached hydrogen (secondary N) is 2. The zero-order chi connectivity index (χ0) is 12.7. The molecule has 5 nitrogen and oxygen atoms in total. The zero-order valence-corrected chi connectivity index (χ0v) is 12.8. The van der Waals surface area contributed by atoms with Crippen molar-refractivity contribution in [3.05, 3.63) is 0 Å². The number of hydrogen-bond acceptors (Lipinski definition) is 4. The number of rotatable bonds is 7. The molecule has 0 saturated carbocycles. The van der Waals surface area contributed by atoms with Crippen molar-refractivity contribution in [2.45, 2.75) is 31.4 Å². The topological polar surface area (TPSA) is 67.4 Å². The Morgan fingerprint density at radius 3 is 2.78 bits per heavy atom. The minimum Gasteiger partial charge on any atom is -0.383 e. The Labute approximate surface area is 117 Å². The molecule has 7 heteroatoms. The number of hydrogen-bond donors (Lipinski definition) is 2. The van der Waals surface area contributed by atoms with Gasteiger partial charge in [0.25, 0.3) is 0 Å². The summed E-state index contributed by atoms with van der Waals surface area (Å²) in [5, 5.41) is 2.84. The SMILES string of the molecule is COCC(C)S(=O)(=O)NCCC1CCCNC1.Cl. The first-order chi connectivity index (χ1) is 8.06. The second-order valence-corrected chi connectivity index (χ2v) is 6.89. The number of halogens is 1. The van der Waals surface area contributed by atoms with Gasteiger partial charge >= 0.3 is 0 Å². The van der Waals surface area contributed by atoms with Crippen LogP contribution in [-0.4, -0.2) is 47.0 Å². The van der Waals surface area contributed by atoms with Crippen LogP contribution in [0.5, 0.6) is 0 Å². The van der Waals surface area contributed by atoms with Crippen LogP contribution in [0.25, 0.3) is 0 Å². The third-order valence-corrected chi connectivity index (χ3v) is 4.99. The third kappa shape index (κ3) is 6.33. The van der Waals surface area contributed by atoms with Crippen molar-refractivity contribution in [2.24, 2.45) is 5.92 Å². The van der Waals surface area contributed by atoms with Gasteiger partial charge in [-0.15, -0.1) is 12.4 Å². The third-order valence-electron chi connectivity index (χ3n) is 3.19. The molecule has 1 heterocycles. The van der Waals surface area contributed by atoms with Gasteiger partial charge in [0.15, 0.2) is 0 Å². The molecular weight excluding hydrogens is 276 g/mol. The van der Waals surface area contributed by atoms with Crippen molar-refractivity contribution in [1.82, 2.24) is 10.0 Å². The standard InChI is InChI=1S/C11H24N2O3S.ClH/c1-10(9-16-2)17(14,15)13-7-5-11-4-3-6-12-8-11;/h10-13H,3-9H2,1-2H3;1H. The van der Waals surface area contributed by atoms with Crippen molar-refractivity contribution >= 4 is 22.4 Å². The fraction of sp³-hybridized carbons (Fsp3) is 1.00. The summed E-state index contributed by atoms with van der Waals surface area (Å²) in [5.74, 6) is 0.601. The van der Waals surface area contributed by atoms with Crippen LogP contribution in [0.4, 0.5) is 0 Å². The molecule has 0 aromatic carbocycles. The summed E-state index contributed by atoms with van der Waals surface area (Å²) in [6.07, 6.45) is 3.30. The zero-order valence-electron chi connectivity index (χ0n) is 11.1. The Morgan fingerprint density at radius 1 is 1.50 bits per heavy atom. The van der Waals surface area contributed by atoms with E-state index in [0.29, 0.717) is 12.5 Å². The summed E-state index contributed by atoms with van der Waals surface area (Å²) < 4.78 is 31.0. The monoisotopic (exact) mass is 300 g/mol. The molecule has 1 aliphatic rings.